The first-order chi connectivity index (χ1) is 4.58. The predicted molar refractivity (Wildman–Crippen MR) is 55.9 cm³/mol. The predicted octanol–water partition coefficient (Wildman–Crippen LogP) is 2.30. The van der Waals surface area contributed by atoms with Crippen molar-refractivity contribution in [2.75, 3.05) is 13.1 Å². The molecule has 3 heteroatoms. The normalized spacial score (nSPS) is 24.8. The molecule has 1 heterocycles. The van der Waals surface area contributed by atoms with Crippen LogP contribution in [0.5, 0.6) is 0 Å². The molecule has 68 valence electrons. The maximum absolute atomic E-state index is 3.37. The van der Waals surface area contributed by atoms with Crippen LogP contribution in [-0.2, 0) is 0 Å². The van der Waals surface area contributed by atoms with Crippen LogP contribution in [0.1, 0.15) is 27.2 Å². The van der Waals surface area contributed by atoms with Gasteiger partial charge in [0.05, 0.1) is 0 Å². The number of rotatable bonds is 1. The van der Waals surface area contributed by atoms with Gasteiger partial charge in [-0.2, -0.15) is 11.8 Å². The van der Waals surface area contributed by atoms with E-state index in [1.54, 1.807) is 0 Å². The van der Waals surface area contributed by atoms with Crippen molar-refractivity contribution in [3.63, 3.8) is 0 Å². The van der Waals surface area contributed by atoms with E-state index < -0.39 is 0 Å². The van der Waals surface area contributed by atoms with E-state index in [1.165, 1.54) is 19.5 Å². The molecule has 0 aromatic rings. The minimum Gasteiger partial charge on any atom is -0.316 e. The fraction of sp³-hybridized carbons (Fsp3) is 1.00. The SMILES string of the molecule is CC(C)(C)SC1CCNC1.Cl. The lowest BCUT2D eigenvalue weighted by Gasteiger charge is -2.21. The molecule has 1 aliphatic rings. The van der Waals surface area contributed by atoms with Crippen LogP contribution in [0.25, 0.3) is 0 Å². The maximum atomic E-state index is 3.37. The molecule has 1 nitrogen and oxygen atoms in total. The first kappa shape index (κ1) is 11.6. The molecule has 0 aliphatic carbocycles. The molecule has 0 radical (unpaired) electrons. The average Bonchev–Trinajstić information content (AvgIpc) is 2.12. The molecule has 1 unspecified atom stereocenters. The molecule has 0 spiro atoms. The summed E-state index contributed by atoms with van der Waals surface area (Å²) in [7, 11) is 0. The van der Waals surface area contributed by atoms with Crippen molar-refractivity contribution in [2.24, 2.45) is 0 Å². The molecule has 11 heavy (non-hydrogen) atoms. The van der Waals surface area contributed by atoms with Crippen molar-refractivity contribution in [3.8, 4) is 0 Å². The van der Waals surface area contributed by atoms with Crippen LogP contribution in [0.4, 0.5) is 0 Å². The van der Waals surface area contributed by atoms with Gasteiger partial charge >= 0.3 is 0 Å². The Morgan fingerprint density at radius 3 is 2.36 bits per heavy atom. The van der Waals surface area contributed by atoms with Crippen molar-refractivity contribution < 1.29 is 0 Å². The number of nitrogens with one attached hydrogen (secondary N) is 1. The van der Waals surface area contributed by atoms with Gasteiger partial charge < -0.3 is 5.32 Å². The third kappa shape index (κ3) is 4.94. The van der Waals surface area contributed by atoms with Crippen molar-refractivity contribution >= 4 is 24.2 Å². The quantitative estimate of drug-likeness (QED) is 0.690. The van der Waals surface area contributed by atoms with Crippen LogP contribution in [0, 0.1) is 0 Å². The van der Waals surface area contributed by atoms with E-state index in [9.17, 15) is 0 Å². The molecular formula is C8H18ClNS. The number of thioether (sulfide) groups is 1. The molecule has 1 rings (SSSR count). The van der Waals surface area contributed by atoms with Crippen molar-refractivity contribution in [3.05, 3.63) is 0 Å². The molecule has 1 saturated heterocycles. The number of hydrogen-bond donors (Lipinski definition) is 1. The Morgan fingerprint density at radius 2 is 2.00 bits per heavy atom. The van der Waals surface area contributed by atoms with E-state index in [-0.39, 0.29) is 12.4 Å². The van der Waals surface area contributed by atoms with E-state index in [1.807, 2.05) is 0 Å². The van der Waals surface area contributed by atoms with Gasteiger partial charge in [-0.15, -0.1) is 12.4 Å². The highest BCUT2D eigenvalue weighted by Gasteiger charge is 2.21. The lowest BCUT2D eigenvalue weighted by Crippen LogP contribution is -2.17. The van der Waals surface area contributed by atoms with Gasteiger partial charge in [0, 0.05) is 16.5 Å². The molecular weight excluding hydrogens is 178 g/mol. The first-order valence-electron chi connectivity index (χ1n) is 3.96. The summed E-state index contributed by atoms with van der Waals surface area (Å²) in [5, 5.41) is 4.24. The van der Waals surface area contributed by atoms with E-state index >= 15 is 0 Å². The monoisotopic (exact) mass is 195 g/mol. The summed E-state index contributed by atoms with van der Waals surface area (Å²) in [5.41, 5.74) is 0. The van der Waals surface area contributed by atoms with Crippen LogP contribution in [0.15, 0.2) is 0 Å². The largest absolute Gasteiger partial charge is 0.316 e. The van der Waals surface area contributed by atoms with Crippen LogP contribution in [-0.4, -0.2) is 23.1 Å². The molecule has 1 N–H and O–H groups in total. The van der Waals surface area contributed by atoms with Crippen molar-refractivity contribution in [1.82, 2.24) is 5.32 Å². The highest BCUT2D eigenvalue weighted by atomic mass is 35.5. The van der Waals surface area contributed by atoms with E-state index in [4.69, 9.17) is 0 Å². The Balaban J connectivity index is 0.000001000. The van der Waals surface area contributed by atoms with Crippen LogP contribution >= 0.6 is 24.2 Å². The van der Waals surface area contributed by atoms with Crippen molar-refractivity contribution in [2.45, 2.75) is 37.2 Å². The summed E-state index contributed by atoms with van der Waals surface area (Å²) < 4.78 is 0.441. The number of hydrogen-bond acceptors (Lipinski definition) is 2. The molecule has 1 fully saturated rings. The molecule has 0 aromatic carbocycles. The summed E-state index contributed by atoms with van der Waals surface area (Å²) in [6.07, 6.45) is 1.35. The Kier molecular flexibility index (Phi) is 4.83. The molecule has 0 saturated carbocycles. The van der Waals surface area contributed by atoms with Gasteiger partial charge in [-0.3, -0.25) is 0 Å². The van der Waals surface area contributed by atoms with Crippen LogP contribution < -0.4 is 5.32 Å². The fourth-order valence-electron chi connectivity index (χ4n) is 1.23. The summed E-state index contributed by atoms with van der Waals surface area (Å²) in [5.74, 6) is 0. The van der Waals surface area contributed by atoms with Gasteiger partial charge in [-0.05, 0) is 13.0 Å². The zero-order valence-electron chi connectivity index (χ0n) is 7.52. The Labute approximate surface area is 80.1 Å². The van der Waals surface area contributed by atoms with Gasteiger partial charge in [0.25, 0.3) is 0 Å². The highest BCUT2D eigenvalue weighted by Crippen LogP contribution is 2.30. The van der Waals surface area contributed by atoms with Crippen LogP contribution in [0.2, 0.25) is 0 Å². The van der Waals surface area contributed by atoms with Gasteiger partial charge in [-0.1, -0.05) is 20.8 Å². The molecule has 0 aromatic heterocycles. The fourth-order valence-corrected chi connectivity index (χ4v) is 2.67. The first-order valence-corrected chi connectivity index (χ1v) is 4.84. The summed E-state index contributed by atoms with van der Waals surface area (Å²) in [6, 6.07) is 0. The standard InChI is InChI=1S/C8H17NS.ClH/c1-8(2,3)10-7-4-5-9-6-7;/h7,9H,4-6H2,1-3H3;1H. The van der Waals surface area contributed by atoms with Crippen LogP contribution in [0.3, 0.4) is 0 Å². The minimum absolute atomic E-state index is 0. The second kappa shape index (κ2) is 4.58. The maximum Gasteiger partial charge on any atom is 0.0189 e. The van der Waals surface area contributed by atoms with E-state index in [2.05, 4.69) is 37.8 Å². The summed E-state index contributed by atoms with van der Waals surface area (Å²) in [4.78, 5) is 0. The lowest BCUT2D eigenvalue weighted by molar-refractivity contribution is 0.787. The lowest BCUT2D eigenvalue weighted by atomic mass is 10.3. The minimum atomic E-state index is 0. The third-order valence-electron chi connectivity index (χ3n) is 1.54. The van der Waals surface area contributed by atoms with E-state index in [0.717, 1.165) is 5.25 Å². The smallest absolute Gasteiger partial charge is 0.0189 e. The summed E-state index contributed by atoms with van der Waals surface area (Å²) in [6.45, 7) is 9.29. The highest BCUT2D eigenvalue weighted by molar-refractivity contribution is 8.01. The average molecular weight is 196 g/mol. The second-order valence-corrected chi connectivity index (χ2v) is 5.97. The zero-order chi connectivity index (χ0) is 7.61. The van der Waals surface area contributed by atoms with Gasteiger partial charge in [0.15, 0.2) is 0 Å². The van der Waals surface area contributed by atoms with Gasteiger partial charge in [0.2, 0.25) is 0 Å². The topological polar surface area (TPSA) is 12.0 Å². The second-order valence-electron chi connectivity index (χ2n) is 3.85. The molecule has 0 bridgehead atoms. The van der Waals surface area contributed by atoms with Crippen molar-refractivity contribution in [1.29, 1.82) is 0 Å². The molecule has 0 amide bonds. The molecule has 1 aliphatic heterocycles. The number of halogens is 1. The third-order valence-corrected chi connectivity index (χ3v) is 2.98. The van der Waals surface area contributed by atoms with Gasteiger partial charge in [-0.25, -0.2) is 0 Å². The Hall–Kier alpha value is 0.600. The Morgan fingerprint density at radius 1 is 1.36 bits per heavy atom. The molecule has 1 atom stereocenters. The Bertz CT molecular complexity index is 105. The summed E-state index contributed by atoms with van der Waals surface area (Å²) >= 11 is 2.10. The zero-order valence-corrected chi connectivity index (χ0v) is 9.15. The van der Waals surface area contributed by atoms with Gasteiger partial charge in [0.1, 0.15) is 0 Å². The van der Waals surface area contributed by atoms with E-state index in [0.29, 0.717) is 4.75 Å².